The van der Waals surface area contributed by atoms with E-state index in [0.717, 1.165) is 22.2 Å². The SMILES string of the molecule is Cn1cccc1/C=C\c1nnc(Cl)c2ccccc12. The van der Waals surface area contributed by atoms with Crippen molar-refractivity contribution in [2.75, 3.05) is 0 Å². The van der Waals surface area contributed by atoms with Crippen molar-refractivity contribution in [3.05, 3.63) is 59.1 Å². The lowest BCUT2D eigenvalue weighted by molar-refractivity contribution is 0.915. The minimum atomic E-state index is 0.437. The van der Waals surface area contributed by atoms with Crippen LogP contribution in [0.4, 0.5) is 0 Å². The van der Waals surface area contributed by atoms with Crippen LogP contribution in [0.15, 0.2) is 42.6 Å². The summed E-state index contributed by atoms with van der Waals surface area (Å²) in [5, 5.41) is 10.5. The molecule has 0 aliphatic carbocycles. The first-order valence-electron chi connectivity index (χ1n) is 5.96. The number of benzene rings is 1. The highest BCUT2D eigenvalue weighted by Gasteiger charge is 2.04. The quantitative estimate of drug-likeness (QED) is 0.709. The zero-order valence-electron chi connectivity index (χ0n) is 10.4. The number of aromatic nitrogens is 3. The Labute approximate surface area is 116 Å². The van der Waals surface area contributed by atoms with Gasteiger partial charge < -0.3 is 4.57 Å². The second kappa shape index (κ2) is 4.86. The first-order chi connectivity index (χ1) is 9.25. The van der Waals surface area contributed by atoms with Crippen LogP contribution in [-0.4, -0.2) is 14.8 Å². The number of hydrogen-bond donors (Lipinski definition) is 0. The number of nitrogens with zero attached hydrogens (tertiary/aromatic N) is 3. The normalized spacial score (nSPS) is 11.5. The van der Waals surface area contributed by atoms with Gasteiger partial charge in [-0.3, -0.25) is 0 Å². The molecule has 0 amide bonds. The van der Waals surface area contributed by atoms with Crippen LogP contribution in [0.3, 0.4) is 0 Å². The molecule has 0 atom stereocenters. The van der Waals surface area contributed by atoms with Crippen molar-refractivity contribution in [1.82, 2.24) is 14.8 Å². The molecule has 0 aliphatic heterocycles. The van der Waals surface area contributed by atoms with Gasteiger partial charge in [-0.15, -0.1) is 10.2 Å². The molecule has 4 heteroatoms. The van der Waals surface area contributed by atoms with Crippen LogP contribution in [0, 0.1) is 0 Å². The fourth-order valence-corrected chi connectivity index (χ4v) is 2.23. The molecule has 2 heterocycles. The van der Waals surface area contributed by atoms with Crippen molar-refractivity contribution in [2.24, 2.45) is 7.05 Å². The highest BCUT2D eigenvalue weighted by Crippen LogP contribution is 2.23. The third kappa shape index (κ3) is 2.25. The van der Waals surface area contributed by atoms with E-state index < -0.39 is 0 Å². The van der Waals surface area contributed by atoms with Crippen molar-refractivity contribution in [3.63, 3.8) is 0 Å². The van der Waals surface area contributed by atoms with Crippen LogP contribution in [0.2, 0.25) is 5.15 Å². The van der Waals surface area contributed by atoms with E-state index in [9.17, 15) is 0 Å². The van der Waals surface area contributed by atoms with Crippen molar-refractivity contribution in [2.45, 2.75) is 0 Å². The average Bonchev–Trinajstić information content (AvgIpc) is 2.84. The molecule has 2 aromatic heterocycles. The van der Waals surface area contributed by atoms with Crippen LogP contribution in [0.1, 0.15) is 11.4 Å². The molecule has 0 aliphatic rings. The van der Waals surface area contributed by atoms with Crippen LogP contribution in [0.25, 0.3) is 22.9 Å². The molecule has 3 rings (SSSR count). The maximum absolute atomic E-state index is 6.05. The molecular formula is C15H12ClN3. The molecule has 0 N–H and O–H groups in total. The number of hydrogen-bond acceptors (Lipinski definition) is 2. The van der Waals surface area contributed by atoms with Crippen LogP contribution in [-0.2, 0) is 7.05 Å². The van der Waals surface area contributed by atoms with E-state index in [4.69, 9.17) is 11.6 Å². The Hall–Kier alpha value is -2.13. The number of halogens is 1. The minimum Gasteiger partial charge on any atom is -0.351 e. The molecule has 0 saturated heterocycles. The Morgan fingerprint density at radius 3 is 2.53 bits per heavy atom. The number of aryl methyl sites for hydroxylation is 1. The van der Waals surface area contributed by atoms with Crippen LogP contribution < -0.4 is 0 Å². The molecule has 94 valence electrons. The van der Waals surface area contributed by atoms with Gasteiger partial charge in [-0.05, 0) is 24.3 Å². The van der Waals surface area contributed by atoms with E-state index in [1.807, 2.05) is 66.4 Å². The monoisotopic (exact) mass is 269 g/mol. The largest absolute Gasteiger partial charge is 0.351 e. The van der Waals surface area contributed by atoms with Gasteiger partial charge in [0.2, 0.25) is 0 Å². The van der Waals surface area contributed by atoms with Gasteiger partial charge in [0.25, 0.3) is 0 Å². The summed E-state index contributed by atoms with van der Waals surface area (Å²) < 4.78 is 2.04. The van der Waals surface area contributed by atoms with Crippen LogP contribution >= 0.6 is 11.6 Å². The van der Waals surface area contributed by atoms with Gasteiger partial charge in [-0.1, -0.05) is 35.9 Å². The average molecular weight is 270 g/mol. The van der Waals surface area contributed by atoms with Gasteiger partial charge in [0, 0.05) is 29.7 Å². The first kappa shape index (κ1) is 11.9. The van der Waals surface area contributed by atoms with Gasteiger partial charge in [0.15, 0.2) is 5.15 Å². The molecule has 0 fully saturated rings. The fraction of sp³-hybridized carbons (Fsp3) is 0.0667. The van der Waals surface area contributed by atoms with Crippen molar-refractivity contribution >= 4 is 34.5 Å². The van der Waals surface area contributed by atoms with E-state index in [2.05, 4.69) is 10.2 Å². The summed E-state index contributed by atoms with van der Waals surface area (Å²) in [6.45, 7) is 0. The highest BCUT2D eigenvalue weighted by atomic mass is 35.5. The zero-order chi connectivity index (χ0) is 13.2. The summed E-state index contributed by atoms with van der Waals surface area (Å²) in [5.74, 6) is 0. The fourth-order valence-electron chi connectivity index (χ4n) is 2.03. The molecule has 1 aromatic carbocycles. The molecule has 0 spiro atoms. The third-order valence-corrected chi connectivity index (χ3v) is 3.35. The predicted molar refractivity (Wildman–Crippen MR) is 78.9 cm³/mol. The summed E-state index contributed by atoms with van der Waals surface area (Å²) in [7, 11) is 2.01. The van der Waals surface area contributed by atoms with E-state index in [1.54, 1.807) is 0 Å². The third-order valence-electron chi connectivity index (χ3n) is 3.07. The minimum absolute atomic E-state index is 0.437. The molecule has 0 bridgehead atoms. The summed E-state index contributed by atoms with van der Waals surface area (Å²) in [6, 6.07) is 11.9. The standard InChI is InChI=1S/C15H12ClN3/c1-19-10-4-5-11(19)8-9-14-12-6-2-3-7-13(12)15(16)18-17-14/h2-10H,1H3/b9-8-. The Morgan fingerprint density at radius 1 is 1.00 bits per heavy atom. The van der Waals surface area contributed by atoms with Crippen molar-refractivity contribution < 1.29 is 0 Å². The van der Waals surface area contributed by atoms with E-state index in [1.165, 1.54) is 0 Å². The first-order valence-corrected chi connectivity index (χ1v) is 6.34. The Bertz CT molecular complexity index is 759. The smallest absolute Gasteiger partial charge is 0.159 e. The zero-order valence-corrected chi connectivity index (χ0v) is 11.2. The summed E-state index contributed by atoms with van der Waals surface area (Å²) in [6.07, 6.45) is 5.98. The molecule has 0 unspecified atom stereocenters. The topological polar surface area (TPSA) is 30.7 Å². The maximum atomic E-state index is 6.05. The second-order valence-electron chi connectivity index (χ2n) is 4.30. The van der Waals surface area contributed by atoms with Gasteiger partial charge >= 0.3 is 0 Å². The second-order valence-corrected chi connectivity index (χ2v) is 4.66. The molecular weight excluding hydrogens is 258 g/mol. The van der Waals surface area contributed by atoms with E-state index in [0.29, 0.717) is 5.15 Å². The predicted octanol–water partition coefficient (Wildman–Crippen LogP) is 3.79. The molecule has 19 heavy (non-hydrogen) atoms. The lowest BCUT2D eigenvalue weighted by Gasteiger charge is -2.02. The Balaban J connectivity index is 2.09. The Kier molecular flexibility index (Phi) is 3.05. The van der Waals surface area contributed by atoms with Crippen molar-refractivity contribution in [1.29, 1.82) is 0 Å². The highest BCUT2D eigenvalue weighted by molar-refractivity contribution is 6.34. The van der Waals surface area contributed by atoms with Crippen molar-refractivity contribution in [3.8, 4) is 0 Å². The molecule has 0 saturated carbocycles. The summed E-state index contributed by atoms with van der Waals surface area (Å²) in [4.78, 5) is 0. The summed E-state index contributed by atoms with van der Waals surface area (Å²) >= 11 is 6.05. The van der Waals surface area contributed by atoms with E-state index >= 15 is 0 Å². The van der Waals surface area contributed by atoms with E-state index in [-0.39, 0.29) is 0 Å². The van der Waals surface area contributed by atoms with Gasteiger partial charge in [-0.25, -0.2) is 0 Å². The lowest BCUT2D eigenvalue weighted by Crippen LogP contribution is -1.91. The van der Waals surface area contributed by atoms with Gasteiger partial charge in [-0.2, -0.15) is 0 Å². The maximum Gasteiger partial charge on any atom is 0.159 e. The molecule has 3 nitrogen and oxygen atoms in total. The lowest BCUT2D eigenvalue weighted by atomic mass is 10.1. The number of rotatable bonds is 2. The van der Waals surface area contributed by atoms with Gasteiger partial charge in [0.05, 0.1) is 5.69 Å². The van der Waals surface area contributed by atoms with Crippen LogP contribution in [0.5, 0.6) is 0 Å². The Morgan fingerprint density at radius 2 is 1.79 bits per heavy atom. The summed E-state index contributed by atoms with van der Waals surface area (Å²) in [5.41, 5.74) is 1.93. The number of fused-ring (bicyclic) bond motifs is 1. The molecule has 0 radical (unpaired) electrons. The van der Waals surface area contributed by atoms with Gasteiger partial charge in [0.1, 0.15) is 0 Å². The molecule has 3 aromatic rings.